The maximum atomic E-state index is 11.6. The number of carbonyl (C=O) groups is 2. The number of hydrogen-bond acceptors (Lipinski definition) is 3. The molecule has 110 valence electrons. The molecule has 0 heterocycles. The lowest BCUT2D eigenvalue weighted by molar-refractivity contribution is -0.119. The van der Waals surface area contributed by atoms with Gasteiger partial charge in [0.1, 0.15) is 0 Å². The monoisotopic (exact) mass is 279 g/mol. The highest BCUT2D eigenvalue weighted by Gasteiger charge is 2.01. The molecule has 1 aromatic rings. The number of rotatable bonds is 7. The van der Waals surface area contributed by atoms with E-state index in [9.17, 15) is 9.59 Å². The molecule has 0 saturated heterocycles. The maximum Gasteiger partial charge on any atom is 0.319 e. The number of amides is 3. The van der Waals surface area contributed by atoms with Crippen LogP contribution in [0.3, 0.4) is 0 Å². The zero-order valence-electron chi connectivity index (χ0n) is 11.9. The molecule has 0 spiro atoms. The smallest absolute Gasteiger partial charge is 0.319 e. The van der Waals surface area contributed by atoms with Crippen LogP contribution in [0.5, 0.6) is 0 Å². The average Bonchev–Trinajstić information content (AvgIpc) is 2.43. The first-order valence-corrected chi connectivity index (χ1v) is 6.49. The molecule has 3 N–H and O–H groups in total. The van der Waals surface area contributed by atoms with Gasteiger partial charge in [0.2, 0.25) is 5.91 Å². The van der Waals surface area contributed by atoms with Crippen molar-refractivity contribution in [2.24, 2.45) is 0 Å². The second kappa shape index (κ2) is 8.92. The lowest BCUT2D eigenvalue weighted by atomic mass is 10.2. The molecule has 1 rings (SSSR count). The minimum atomic E-state index is -0.240. The predicted molar refractivity (Wildman–Crippen MR) is 77.5 cm³/mol. The Morgan fingerprint density at radius 3 is 2.45 bits per heavy atom. The normalized spacial score (nSPS) is 9.90. The van der Waals surface area contributed by atoms with Crippen molar-refractivity contribution in [3.63, 3.8) is 0 Å². The number of carbonyl (C=O) groups excluding carboxylic acids is 2. The van der Waals surface area contributed by atoms with Crippen molar-refractivity contribution in [1.29, 1.82) is 0 Å². The third kappa shape index (κ3) is 6.75. The van der Waals surface area contributed by atoms with Crippen LogP contribution in [0.2, 0.25) is 0 Å². The number of benzene rings is 1. The molecule has 0 atom stereocenters. The van der Waals surface area contributed by atoms with Gasteiger partial charge in [-0.25, -0.2) is 4.79 Å². The molecule has 1 aromatic carbocycles. The number of urea groups is 1. The minimum absolute atomic E-state index is 0.0670. The van der Waals surface area contributed by atoms with Crippen LogP contribution in [-0.4, -0.2) is 32.2 Å². The summed E-state index contributed by atoms with van der Waals surface area (Å²) in [7, 11) is 1.63. The number of ether oxygens (including phenoxy) is 1. The molecule has 0 unspecified atom stereocenters. The molecule has 0 radical (unpaired) electrons. The largest absolute Gasteiger partial charge is 0.385 e. The highest BCUT2D eigenvalue weighted by Crippen LogP contribution is 2.09. The van der Waals surface area contributed by atoms with E-state index >= 15 is 0 Å². The van der Waals surface area contributed by atoms with Crippen LogP contribution in [0.4, 0.5) is 10.5 Å². The van der Waals surface area contributed by atoms with E-state index in [1.807, 2.05) is 12.1 Å². The Morgan fingerprint density at radius 1 is 1.15 bits per heavy atom. The van der Waals surface area contributed by atoms with Gasteiger partial charge < -0.3 is 20.7 Å². The van der Waals surface area contributed by atoms with Gasteiger partial charge in [0, 0.05) is 39.4 Å². The van der Waals surface area contributed by atoms with Crippen LogP contribution in [0.15, 0.2) is 24.3 Å². The summed E-state index contributed by atoms with van der Waals surface area (Å²) in [6.07, 6.45) is 0.777. The van der Waals surface area contributed by atoms with E-state index in [1.165, 1.54) is 6.92 Å². The van der Waals surface area contributed by atoms with Crippen LogP contribution in [-0.2, 0) is 16.1 Å². The summed E-state index contributed by atoms with van der Waals surface area (Å²) in [5, 5.41) is 8.18. The lowest BCUT2D eigenvalue weighted by Gasteiger charge is -2.08. The molecule has 20 heavy (non-hydrogen) atoms. The summed E-state index contributed by atoms with van der Waals surface area (Å²) in [4.78, 5) is 22.3. The first-order valence-electron chi connectivity index (χ1n) is 6.49. The Hall–Kier alpha value is -2.08. The van der Waals surface area contributed by atoms with Gasteiger partial charge in [0.05, 0.1) is 0 Å². The summed E-state index contributed by atoms with van der Waals surface area (Å²) in [6, 6.07) is 7.07. The van der Waals surface area contributed by atoms with Crippen molar-refractivity contribution in [2.45, 2.75) is 19.9 Å². The van der Waals surface area contributed by atoms with Crippen LogP contribution in [0, 0.1) is 0 Å². The molecule has 0 aliphatic carbocycles. The molecule has 0 saturated carbocycles. The van der Waals surface area contributed by atoms with Crippen molar-refractivity contribution in [2.75, 3.05) is 25.6 Å². The van der Waals surface area contributed by atoms with Crippen LogP contribution in [0.25, 0.3) is 0 Å². The van der Waals surface area contributed by atoms with Crippen molar-refractivity contribution in [1.82, 2.24) is 10.6 Å². The van der Waals surface area contributed by atoms with Crippen LogP contribution in [0.1, 0.15) is 18.9 Å². The number of anilines is 1. The predicted octanol–water partition coefficient (Wildman–Crippen LogP) is 1.48. The third-order valence-electron chi connectivity index (χ3n) is 2.56. The number of nitrogens with one attached hydrogen (secondary N) is 3. The Labute approximate surface area is 118 Å². The molecule has 3 amide bonds. The molecule has 6 heteroatoms. The lowest BCUT2D eigenvalue weighted by Crippen LogP contribution is -2.30. The molecule has 0 aliphatic heterocycles. The maximum absolute atomic E-state index is 11.6. The second-order valence-corrected chi connectivity index (χ2v) is 4.33. The van der Waals surface area contributed by atoms with Gasteiger partial charge >= 0.3 is 6.03 Å². The first-order chi connectivity index (χ1) is 9.61. The quantitative estimate of drug-likeness (QED) is 0.661. The molecule has 6 nitrogen and oxygen atoms in total. The summed E-state index contributed by atoms with van der Waals surface area (Å²) < 4.78 is 4.89. The van der Waals surface area contributed by atoms with E-state index in [1.54, 1.807) is 19.2 Å². The standard InChI is InChI=1S/C14H21N3O3/c1-11(18)16-10-12-4-6-13(7-5-12)17-14(19)15-8-3-9-20-2/h4-7H,3,8-10H2,1-2H3,(H,16,18)(H2,15,17,19). The van der Waals surface area contributed by atoms with E-state index in [-0.39, 0.29) is 11.9 Å². The highest BCUT2D eigenvalue weighted by molar-refractivity contribution is 5.89. The van der Waals surface area contributed by atoms with Gasteiger partial charge in [-0.3, -0.25) is 4.79 Å². The van der Waals surface area contributed by atoms with Gasteiger partial charge in [-0.05, 0) is 24.1 Å². The Morgan fingerprint density at radius 2 is 1.85 bits per heavy atom. The average molecular weight is 279 g/mol. The fourth-order valence-electron chi connectivity index (χ4n) is 1.53. The van der Waals surface area contributed by atoms with E-state index in [2.05, 4.69) is 16.0 Å². The summed E-state index contributed by atoms with van der Waals surface area (Å²) in [5.74, 6) is -0.0670. The molecule has 0 fully saturated rings. The van der Waals surface area contributed by atoms with Crippen molar-refractivity contribution >= 4 is 17.6 Å². The van der Waals surface area contributed by atoms with E-state index in [0.717, 1.165) is 12.0 Å². The van der Waals surface area contributed by atoms with E-state index < -0.39 is 0 Å². The van der Waals surface area contributed by atoms with Crippen LogP contribution >= 0.6 is 0 Å². The molecule has 0 bridgehead atoms. The Kier molecular flexibility index (Phi) is 7.13. The molecular weight excluding hydrogens is 258 g/mol. The summed E-state index contributed by atoms with van der Waals surface area (Å²) in [5.41, 5.74) is 1.69. The van der Waals surface area contributed by atoms with E-state index in [4.69, 9.17) is 4.74 Å². The highest BCUT2D eigenvalue weighted by atomic mass is 16.5. The zero-order valence-corrected chi connectivity index (χ0v) is 11.9. The van der Waals surface area contributed by atoms with Crippen molar-refractivity contribution in [3.05, 3.63) is 29.8 Å². The summed E-state index contributed by atoms with van der Waals surface area (Å²) in [6.45, 7) is 3.15. The number of methoxy groups -OCH3 is 1. The number of hydrogen-bond donors (Lipinski definition) is 3. The molecule has 0 aromatic heterocycles. The second-order valence-electron chi connectivity index (χ2n) is 4.33. The molecule has 0 aliphatic rings. The fraction of sp³-hybridized carbons (Fsp3) is 0.429. The molecular formula is C14H21N3O3. The van der Waals surface area contributed by atoms with Crippen LogP contribution < -0.4 is 16.0 Å². The summed E-state index contributed by atoms with van der Waals surface area (Å²) >= 11 is 0. The van der Waals surface area contributed by atoms with Crippen molar-refractivity contribution < 1.29 is 14.3 Å². The fourth-order valence-corrected chi connectivity index (χ4v) is 1.53. The zero-order chi connectivity index (χ0) is 14.8. The Bertz CT molecular complexity index is 432. The SMILES string of the molecule is COCCCNC(=O)Nc1ccc(CNC(C)=O)cc1. The topological polar surface area (TPSA) is 79.5 Å². The van der Waals surface area contributed by atoms with Crippen molar-refractivity contribution in [3.8, 4) is 0 Å². The van der Waals surface area contributed by atoms with Gasteiger partial charge in [-0.1, -0.05) is 12.1 Å². The minimum Gasteiger partial charge on any atom is -0.385 e. The Balaban J connectivity index is 2.33. The van der Waals surface area contributed by atoms with Gasteiger partial charge in [0.15, 0.2) is 0 Å². The van der Waals surface area contributed by atoms with Gasteiger partial charge in [-0.15, -0.1) is 0 Å². The first kappa shape index (κ1) is 16.0. The van der Waals surface area contributed by atoms with Gasteiger partial charge in [-0.2, -0.15) is 0 Å². The third-order valence-corrected chi connectivity index (χ3v) is 2.56. The van der Waals surface area contributed by atoms with Gasteiger partial charge in [0.25, 0.3) is 0 Å². The van der Waals surface area contributed by atoms with E-state index in [0.29, 0.717) is 25.4 Å².